The van der Waals surface area contributed by atoms with Crippen LogP contribution in [0.4, 0.5) is 4.39 Å². The van der Waals surface area contributed by atoms with E-state index in [1.165, 1.54) is 12.5 Å². The highest BCUT2D eigenvalue weighted by atomic mass is 19.1. The van der Waals surface area contributed by atoms with E-state index in [9.17, 15) is 4.39 Å². The van der Waals surface area contributed by atoms with E-state index in [-0.39, 0.29) is 0 Å². The number of hydrogen-bond acceptors (Lipinski definition) is 1. The van der Waals surface area contributed by atoms with Gasteiger partial charge >= 0.3 is 0 Å². The van der Waals surface area contributed by atoms with Crippen molar-refractivity contribution in [2.75, 3.05) is 0 Å². The molecule has 0 N–H and O–H groups in total. The molecule has 0 radical (unpaired) electrons. The number of imidazole rings is 1. The summed E-state index contributed by atoms with van der Waals surface area (Å²) in [6.07, 6.45) is 4.43. The number of allylic oxidation sites excluding steroid dienone is 1. The number of aromatic nitrogens is 2. The van der Waals surface area contributed by atoms with Gasteiger partial charge in [0.05, 0.1) is 12.5 Å². The highest BCUT2D eigenvalue weighted by molar-refractivity contribution is 4.81. The summed E-state index contributed by atoms with van der Waals surface area (Å²) in [5.41, 5.74) is 0. The van der Waals surface area contributed by atoms with Crippen molar-refractivity contribution in [1.29, 1.82) is 0 Å². The van der Waals surface area contributed by atoms with Gasteiger partial charge in [0, 0.05) is 6.54 Å². The summed E-state index contributed by atoms with van der Waals surface area (Å²) in [5, 5.41) is 0. The SMILES string of the molecule is C=CCn1cnc(F)c1. The minimum absolute atomic E-state index is 0.447. The molecule has 9 heavy (non-hydrogen) atoms. The Morgan fingerprint density at radius 3 is 3.11 bits per heavy atom. The van der Waals surface area contributed by atoms with Crippen LogP contribution in [-0.2, 0) is 6.54 Å². The van der Waals surface area contributed by atoms with Crippen LogP contribution in [0.15, 0.2) is 25.2 Å². The molecule has 1 rings (SSSR count). The van der Waals surface area contributed by atoms with Gasteiger partial charge in [-0.05, 0) is 0 Å². The topological polar surface area (TPSA) is 17.8 Å². The highest BCUT2D eigenvalue weighted by Gasteiger charge is 1.91. The van der Waals surface area contributed by atoms with Crippen molar-refractivity contribution in [3.05, 3.63) is 31.1 Å². The minimum atomic E-state index is -0.447. The summed E-state index contributed by atoms with van der Waals surface area (Å²) < 4.78 is 13.7. The molecule has 3 heteroatoms. The van der Waals surface area contributed by atoms with Crippen LogP contribution in [0.25, 0.3) is 0 Å². The van der Waals surface area contributed by atoms with E-state index in [2.05, 4.69) is 11.6 Å². The van der Waals surface area contributed by atoms with Crippen molar-refractivity contribution in [3.8, 4) is 0 Å². The van der Waals surface area contributed by atoms with Gasteiger partial charge in [-0.1, -0.05) is 6.08 Å². The first-order valence-electron chi connectivity index (χ1n) is 2.61. The van der Waals surface area contributed by atoms with E-state index < -0.39 is 5.95 Å². The molecule has 0 aromatic carbocycles. The average Bonchev–Trinajstić information content (AvgIpc) is 2.17. The molecule has 0 amide bonds. The van der Waals surface area contributed by atoms with Crippen LogP contribution >= 0.6 is 0 Å². The molecule has 0 unspecified atom stereocenters. The first-order valence-corrected chi connectivity index (χ1v) is 2.61. The number of halogens is 1. The molecule has 48 valence electrons. The van der Waals surface area contributed by atoms with Crippen molar-refractivity contribution < 1.29 is 4.39 Å². The first-order chi connectivity index (χ1) is 4.33. The molecule has 0 spiro atoms. The monoisotopic (exact) mass is 126 g/mol. The zero-order chi connectivity index (χ0) is 6.69. The van der Waals surface area contributed by atoms with Crippen molar-refractivity contribution in [2.45, 2.75) is 6.54 Å². The van der Waals surface area contributed by atoms with Gasteiger partial charge in [0.25, 0.3) is 0 Å². The molecule has 0 aliphatic carbocycles. The molecule has 0 saturated heterocycles. The number of rotatable bonds is 2. The summed E-state index contributed by atoms with van der Waals surface area (Å²) in [4.78, 5) is 3.38. The molecule has 1 heterocycles. The van der Waals surface area contributed by atoms with Gasteiger partial charge in [-0.2, -0.15) is 4.39 Å². The number of hydrogen-bond donors (Lipinski definition) is 0. The quantitative estimate of drug-likeness (QED) is 0.544. The maximum Gasteiger partial charge on any atom is 0.230 e. The lowest BCUT2D eigenvalue weighted by molar-refractivity contribution is 0.588. The third-order valence-corrected chi connectivity index (χ3v) is 0.942. The minimum Gasteiger partial charge on any atom is -0.331 e. The summed E-state index contributed by atoms with van der Waals surface area (Å²) in [6, 6.07) is 0. The lowest BCUT2D eigenvalue weighted by Gasteiger charge is -1.89. The number of nitrogens with zero attached hydrogens (tertiary/aromatic N) is 2. The lowest BCUT2D eigenvalue weighted by Crippen LogP contribution is -1.88. The van der Waals surface area contributed by atoms with Crippen molar-refractivity contribution in [1.82, 2.24) is 9.55 Å². The van der Waals surface area contributed by atoms with Crippen LogP contribution in [-0.4, -0.2) is 9.55 Å². The van der Waals surface area contributed by atoms with Gasteiger partial charge in [-0.25, -0.2) is 4.98 Å². The van der Waals surface area contributed by atoms with Gasteiger partial charge < -0.3 is 4.57 Å². The highest BCUT2D eigenvalue weighted by Crippen LogP contribution is 1.91. The van der Waals surface area contributed by atoms with Crippen LogP contribution in [0.1, 0.15) is 0 Å². The Kier molecular flexibility index (Phi) is 1.63. The molecule has 0 atom stereocenters. The van der Waals surface area contributed by atoms with Crippen LogP contribution in [0.5, 0.6) is 0 Å². The summed E-state index contributed by atoms with van der Waals surface area (Å²) in [5.74, 6) is -0.447. The third kappa shape index (κ3) is 1.38. The Balaban J connectivity index is 2.72. The third-order valence-electron chi connectivity index (χ3n) is 0.942. The van der Waals surface area contributed by atoms with E-state index in [1.54, 1.807) is 10.6 Å². The Morgan fingerprint density at radius 1 is 1.89 bits per heavy atom. The molecule has 0 fully saturated rings. The van der Waals surface area contributed by atoms with Gasteiger partial charge in [-0.3, -0.25) is 0 Å². The van der Waals surface area contributed by atoms with Crippen LogP contribution in [0.3, 0.4) is 0 Å². The fourth-order valence-corrected chi connectivity index (χ4v) is 0.582. The van der Waals surface area contributed by atoms with Gasteiger partial charge in [0.15, 0.2) is 0 Å². The maximum atomic E-state index is 12.1. The molecule has 0 aliphatic heterocycles. The summed E-state index contributed by atoms with van der Waals surface area (Å²) in [6.45, 7) is 4.10. The Hall–Kier alpha value is -1.12. The van der Waals surface area contributed by atoms with Crippen molar-refractivity contribution in [2.24, 2.45) is 0 Å². The van der Waals surface area contributed by atoms with E-state index in [1.807, 2.05) is 0 Å². The molecule has 1 aromatic heterocycles. The summed E-state index contributed by atoms with van der Waals surface area (Å²) in [7, 11) is 0. The maximum absolute atomic E-state index is 12.1. The first kappa shape index (κ1) is 6.01. The van der Waals surface area contributed by atoms with Gasteiger partial charge in [-0.15, -0.1) is 6.58 Å². The lowest BCUT2D eigenvalue weighted by atomic mass is 10.6. The molecule has 0 bridgehead atoms. The predicted molar refractivity (Wildman–Crippen MR) is 32.4 cm³/mol. The second-order valence-electron chi connectivity index (χ2n) is 1.68. The average molecular weight is 126 g/mol. The van der Waals surface area contributed by atoms with Crippen LogP contribution in [0, 0.1) is 5.95 Å². The zero-order valence-electron chi connectivity index (χ0n) is 4.92. The Morgan fingerprint density at radius 2 is 2.67 bits per heavy atom. The van der Waals surface area contributed by atoms with Gasteiger partial charge in [0.2, 0.25) is 5.95 Å². The molecular formula is C6H7FN2. The largest absolute Gasteiger partial charge is 0.331 e. The summed E-state index contributed by atoms with van der Waals surface area (Å²) >= 11 is 0. The Bertz CT molecular complexity index is 205. The molecule has 2 nitrogen and oxygen atoms in total. The fourth-order valence-electron chi connectivity index (χ4n) is 0.582. The van der Waals surface area contributed by atoms with E-state index in [0.29, 0.717) is 6.54 Å². The smallest absolute Gasteiger partial charge is 0.230 e. The molecule has 1 aromatic rings. The second kappa shape index (κ2) is 2.44. The van der Waals surface area contributed by atoms with Crippen molar-refractivity contribution >= 4 is 0 Å². The van der Waals surface area contributed by atoms with Crippen LogP contribution in [0.2, 0.25) is 0 Å². The molecule has 0 aliphatic rings. The van der Waals surface area contributed by atoms with Crippen molar-refractivity contribution in [3.63, 3.8) is 0 Å². The fraction of sp³-hybridized carbons (Fsp3) is 0.167. The zero-order valence-corrected chi connectivity index (χ0v) is 4.92. The van der Waals surface area contributed by atoms with Gasteiger partial charge in [0.1, 0.15) is 0 Å². The normalized spacial score (nSPS) is 9.44. The standard InChI is InChI=1S/C6H7FN2/c1-2-3-9-4-6(7)8-5-9/h2,4-5H,1,3H2. The van der Waals surface area contributed by atoms with Crippen LogP contribution < -0.4 is 0 Å². The van der Waals surface area contributed by atoms with E-state index in [0.717, 1.165) is 0 Å². The van der Waals surface area contributed by atoms with E-state index in [4.69, 9.17) is 0 Å². The predicted octanol–water partition coefficient (Wildman–Crippen LogP) is 1.21. The molecule has 0 saturated carbocycles. The Labute approximate surface area is 52.6 Å². The van der Waals surface area contributed by atoms with E-state index >= 15 is 0 Å². The second-order valence-corrected chi connectivity index (χ2v) is 1.68. The molecular weight excluding hydrogens is 119 g/mol.